The Morgan fingerprint density at radius 3 is 2.65 bits per heavy atom. The first-order valence-electron chi connectivity index (χ1n) is 6.20. The number of benzene rings is 2. The van der Waals surface area contributed by atoms with E-state index in [2.05, 4.69) is 46.1 Å². The van der Waals surface area contributed by atoms with Crippen LogP contribution in [0.2, 0.25) is 5.02 Å². The molecule has 20 heavy (non-hydrogen) atoms. The molecule has 2 rings (SSSR count). The van der Waals surface area contributed by atoms with Gasteiger partial charge in [-0.3, -0.25) is 4.90 Å². The fourth-order valence-corrected chi connectivity index (χ4v) is 2.73. The lowest BCUT2D eigenvalue weighted by Gasteiger charge is -2.18. The zero-order chi connectivity index (χ0) is 14.5. The van der Waals surface area contributed by atoms with Gasteiger partial charge in [0.1, 0.15) is 0 Å². The van der Waals surface area contributed by atoms with E-state index in [0.29, 0.717) is 10.6 Å². The lowest BCUT2D eigenvalue weighted by atomic mass is 10.1. The molecule has 0 radical (unpaired) electrons. The molecule has 0 N–H and O–H groups in total. The summed E-state index contributed by atoms with van der Waals surface area (Å²) in [5.41, 5.74) is 2.86. The number of halogens is 2. The van der Waals surface area contributed by atoms with Crippen LogP contribution in [0.3, 0.4) is 0 Å². The van der Waals surface area contributed by atoms with Gasteiger partial charge in [-0.15, -0.1) is 0 Å². The molecule has 0 amide bonds. The van der Waals surface area contributed by atoms with E-state index in [1.807, 2.05) is 18.2 Å². The number of hydrogen-bond acceptors (Lipinski definition) is 2. The smallest absolute Gasteiger partial charge is 0.0992 e. The standard InChI is InChI=1S/C16H14BrClN2/c1-20(10-13-3-2-4-15(17)7-13)11-14-6-5-12(9-19)8-16(14)18/h2-8H,10-11H2,1H3. The van der Waals surface area contributed by atoms with Gasteiger partial charge in [-0.2, -0.15) is 5.26 Å². The molecule has 2 nitrogen and oxygen atoms in total. The number of rotatable bonds is 4. The minimum atomic E-state index is 0.591. The zero-order valence-electron chi connectivity index (χ0n) is 11.1. The average molecular weight is 350 g/mol. The highest BCUT2D eigenvalue weighted by Crippen LogP contribution is 2.20. The van der Waals surface area contributed by atoms with Crippen molar-refractivity contribution >= 4 is 27.5 Å². The van der Waals surface area contributed by atoms with Crippen molar-refractivity contribution in [3.63, 3.8) is 0 Å². The molecule has 0 saturated carbocycles. The summed E-state index contributed by atoms with van der Waals surface area (Å²) in [5, 5.41) is 9.48. The lowest BCUT2D eigenvalue weighted by Crippen LogP contribution is -2.17. The molecule has 4 heteroatoms. The van der Waals surface area contributed by atoms with Crippen molar-refractivity contribution in [2.45, 2.75) is 13.1 Å². The molecule has 0 bridgehead atoms. The molecular formula is C16H14BrClN2. The largest absolute Gasteiger partial charge is 0.298 e. The van der Waals surface area contributed by atoms with E-state index in [9.17, 15) is 0 Å². The van der Waals surface area contributed by atoms with Crippen LogP contribution in [0.4, 0.5) is 0 Å². The molecule has 0 aliphatic heterocycles. The van der Waals surface area contributed by atoms with Crippen LogP contribution in [-0.4, -0.2) is 11.9 Å². The zero-order valence-corrected chi connectivity index (χ0v) is 13.4. The Bertz CT molecular complexity index is 649. The van der Waals surface area contributed by atoms with Crippen molar-refractivity contribution in [1.82, 2.24) is 4.90 Å². The molecule has 2 aromatic carbocycles. The Labute approximate surface area is 132 Å². The van der Waals surface area contributed by atoms with E-state index in [4.69, 9.17) is 16.9 Å². The third-order valence-corrected chi connectivity index (χ3v) is 3.81. The SMILES string of the molecule is CN(Cc1cccc(Br)c1)Cc1ccc(C#N)cc1Cl. The fraction of sp³-hybridized carbons (Fsp3) is 0.188. The Balaban J connectivity index is 2.05. The minimum Gasteiger partial charge on any atom is -0.298 e. The number of hydrogen-bond donors (Lipinski definition) is 0. The maximum atomic E-state index is 8.83. The molecule has 0 unspecified atom stereocenters. The van der Waals surface area contributed by atoms with Crippen LogP contribution < -0.4 is 0 Å². The normalized spacial score (nSPS) is 10.6. The van der Waals surface area contributed by atoms with Crippen molar-refractivity contribution in [3.8, 4) is 6.07 Å². The summed E-state index contributed by atoms with van der Waals surface area (Å²) >= 11 is 9.67. The maximum absolute atomic E-state index is 8.83. The highest BCUT2D eigenvalue weighted by Gasteiger charge is 2.06. The van der Waals surface area contributed by atoms with Gasteiger partial charge in [-0.25, -0.2) is 0 Å². The first kappa shape index (κ1) is 15.1. The Morgan fingerprint density at radius 2 is 2.00 bits per heavy atom. The van der Waals surface area contributed by atoms with Crippen LogP contribution in [0.25, 0.3) is 0 Å². The molecule has 0 aliphatic carbocycles. The number of nitrogens with zero attached hydrogens (tertiary/aromatic N) is 2. The van der Waals surface area contributed by atoms with Crippen molar-refractivity contribution in [2.75, 3.05) is 7.05 Å². The second-order valence-corrected chi connectivity index (χ2v) is 6.04. The fourth-order valence-electron chi connectivity index (χ4n) is 2.04. The van der Waals surface area contributed by atoms with Gasteiger partial charge < -0.3 is 0 Å². The molecule has 0 fully saturated rings. The second-order valence-electron chi connectivity index (χ2n) is 4.72. The summed E-state index contributed by atoms with van der Waals surface area (Å²) < 4.78 is 1.08. The van der Waals surface area contributed by atoms with Crippen molar-refractivity contribution < 1.29 is 0 Å². The summed E-state index contributed by atoms with van der Waals surface area (Å²) in [7, 11) is 2.05. The summed E-state index contributed by atoms with van der Waals surface area (Å²) in [6.07, 6.45) is 0. The maximum Gasteiger partial charge on any atom is 0.0992 e. The topological polar surface area (TPSA) is 27.0 Å². The molecule has 0 spiro atoms. The summed E-state index contributed by atoms with van der Waals surface area (Å²) in [4.78, 5) is 2.19. The van der Waals surface area contributed by atoms with Gasteiger partial charge in [-0.05, 0) is 42.4 Å². The summed E-state index contributed by atoms with van der Waals surface area (Å²) in [6.45, 7) is 1.59. The average Bonchev–Trinajstić information content (AvgIpc) is 2.41. The van der Waals surface area contributed by atoms with Gasteiger partial charge in [0, 0.05) is 22.6 Å². The first-order valence-corrected chi connectivity index (χ1v) is 7.37. The molecule has 0 aliphatic rings. The summed E-state index contributed by atoms with van der Waals surface area (Å²) in [5.74, 6) is 0. The monoisotopic (exact) mass is 348 g/mol. The molecular weight excluding hydrogens is 336 g/mol. The van der Waals surface area contributed by atoms with E-state index in [1.54, 1.807) is 12.1 Å². The van der Waals surface area contributed by atoms with E-state index >= 15 is 0 Å². The predicted molar refractivity (Wildman–Crippen MR) is 85.5 cm³/mol. The third kappa shape index (κ3) is 4.08. The van der Waals surface area contributed by atoms with Crippen LogP contribution in [-0.2, 0) is 13.1 Å². The molecule has 0 aromatic heterocycles. The Kier molecular flexibility index (Phi) is 5.19. The van der Waals surface area contributed by atoms with Crippen LogP contribution in [0.5, 0.6) is 0 Å². The lowest BCUT2D eigenvalue weighted by molar-refractivity contribution is 0.319. The highest BCUT2D eigenvalue weighted by atomic mass is 79.9. The van der Waals surface area contributed by atoms with Crippen LogP contribution in [0.1, 0.15) is 16.7 Å². The van der Waals surface area contributed by atoms with Crippen LogP contribution in [0, 0.1) is 11.3 Å². The van der Waals surface area contributed by atoms with E-state index in [-0.39, 0.29) is 0 Å². The van der Waals surface area contributed by atoms with Crippen molar-refractivity contribution in [3.05, 3.63) is 68.7 Å². The van der Waals surface area contributed by atoms with Gasteiger partial charge in [0.05, 0.1) is 11.6 Å². The van der Waals surface area contributed by atoms with Gasteiger partial charge >= 0.3 is 0 Å². The predicted octanol–water partition coefficient (Wildman–Crippen LogP) is 4.61. The molecule has 102 valence electrons. The third-order valence-electron chi connectivity index (χ3n) is 2.96. The van der Waals surface area contributed by atoms with Gasteiger partial charge in [0.25, 0.3) is 0 Å². The van der Waals surface area contributed by atoms with Crippen LogP contribution >= 0.6 is 27.5 Å². The highest BCUT2D eigenvalue weighted by molar-refractivity contribution is 9.10. The molecule has 0 saturated heterocycles. The Hall–Kier alpha value is -1.34. The molecule has 2 aromatic rings. The van der Waals surface area contributed by atoms with Gasteiger partial charge in [0.2, 0.25) is 0 Å². The van der Waals surface area contributed by atoms with Crippen molar-refractivity contribution in [2.24, 2.45) is 0 Å². The van der Waals surface area contributed by atoms with E-state index in [1.165, 1.54) is 5.56 Å². The molecule has 0 atom stereocenters. The first-order chi connectivity index (χ1) is 9.58. The Morgan fingerprint density at radius 1 is 1.20 bits per heavy atom. The minimum absolute atomic E-state index is 0.591. The molecule has 0 heterocycles. The van der Waals surface area contributed by atoms with E-state index < -0.39 is 0 Å². The quantitative estimate of drug-likeness (QED) is 0.806. The van der Waals surface area contributed by atoms with Crippen molar-refractivity contribution in [1.29, 1.82) is 5.26 Å². The van der Waals surface area contributed by atoms with E-state index in [0.717, 1.165) is 23.1 Å². The summed E-state index contributed by atoms with van der Waals surface area (Å²) in [6, 6.07) is 15.8. The second kappa shape index (κ2) is 6.90. The van der Waals surface area contributed by atoms with Gasteiger partial charge in [-0.1, -0.05) is 45.7 Å². The van der Waals surface area contributed by atoms with Crippen LogP contribution in [0.15, 0.2) is 46.9 Å². The number of nitriles is 1. The van der Waals surface area contributed by atoms with Gasteiger partial charge in [0.15, 0.2) is 0 Å².